The van der Waals surface area contributed by atoms with Crippen LogP contribution in [0.15, 0.2) is 22.6 Å². The van der Waals surface area contributed by atoms with E-state index in [4.69, 9.17) is 0 Å². The normalized spacial score (nSPS) is 14.7. The molecule has 0 aromatic carbocycles. The lowest BCUT2D eigenvalue weighted by molar-refractivity contribution is -0.132. The van der Waals surface area contributed by atoms with Crippen LogP contribution in [0.1, 0.15) is 33.1 Å². The van der Waals surface area contributed by atoms with Crippen LogP contribution in [0.4, 0.5) is 0 Å². The summed E-state index contributed by atoms with van der Waals surface area (Å²) < 4.78 is 1.55. The Labute approximate surface area is 133 Å². The zero-order chi connectivity index (χ0) is 15.7. The second-order valence-corrected chi connectivity index (χ2v) is 7.20. The molecule has 0 N–H and O–H groups in total. The Bertz CT molecular complexity index is 730. The minimum absolute atomic E-state index is 0.0547. The van der Waals surface area contributed by atoms with Gasteiger partial charge in [-0.15, -0.1) is 11.3 Å². The van der Waals surface area contributed by atoms with E-state index in [0.29, 0.717) is 30.3 Å². The van der Waals surface area contributed by atoms with Crippen molar-refractivity contribution in [2.24, 2.45) is 5.92 Å². The summed E-state index contributed by atoms with van der Waals surface area (Å²) in [6.07, 6.45) is 4.14. The van der Waals surface area contributed by atoms with Crippen molar-refractivity contribution in [3.63, 3.8) is 0 Å². The summed E-state index contributed by atoms with van der Waals surface area (Å²) >= 11 is 1.46. The third-order valence-electron chi connectivity index (χ3n) is 3.89. The molecule has 1 aliphatic rings. The highest BCUT2D eigenvalue weighted by molar-refractivity contribution is 7.16. The Balaban J connectivity index is 1.68. The molecule has 0 aliphatic heterocycles. The number of carbonyl (C=O) groups is 1. The molecule has 1 amide bonds. The van der Waals surface area contributed by atoms with Crippen LogP contribution in [0.3, 0.4) is 0 Å². The van der Waals surface area contributed by atoms with Gasteiger partial charge >= 0.3 is 0 Å². The van der Waals surface area contributed by atoms with Gasteiger partial charge in [-0.05, 0) is 30.2 Å². The van der Waals surface area contributed by atoms with Gasteiger partial charge in [-0.2, -0.15) is 0 Å². The van der Waals surface area contributed by atoms with Gasteiger partial charge in [0.25, 0.3) is 5.56 Å². The van der Waals surface area contributed by atoms with E-state index in [1.165, 1.54) is 11.3 Å². The second kappa shape index (κ2) is 6.20. The van der Waals surface area contributed by atoms with Gasteiger partial charge in [0.1, 0.15) is 4.83 Å². The molecule has 2 aromatic heterocycles. The number of hydrogen-bond donors (Lipinski definition) is 0. The average Bonchev–Trinajstić information content (AvgIpc) is 3.20. The molecule has 1 fully saturated rings. The van der Waals surface area contributed by atoms with Crippen LogP contribution in [0.5, 0.6) is 0 Å². The van der Waals surface area contributed by atoms with Crippen molar-refractivity contribution >= 4 is 27.5 Å². The quantitative estimate of drug-likeness (QED) is 0.822. The van der Waals surface area contributed by atoms with E-state index in [1.54, 1.807) is 17.0 Å². The highest BCUT2D eigenvalue weighted by Gasteiger charge is 2.32. The largest absolute Gasteiger partial charge is 0.339 e. The molecule has 5 nitrogen and oxygen atoms in total. The van der Waals surface area contributed by atoms with Crippen molar-refractivity contribution in [1.29, 1.82) is 0 Å². The lowest BCUT2D eigenvalue weighted by atomic mass is 10.2. The molecular formula is C16H21N3O2S. The first-order valence-electron chi connectivity index (χ1n) is 7.78. The van der Waals surface area contributed by atoms with Crippen LogP contribution in [0.25, 0.3) is 10.2 Å². The number of rotatable bonds is 6. The zero-order valence-corrected chi connectivity index (χ0v) is 13.8. The maximum Gasteiger partial charge on any atom is 0.262 e. The topological polar surface area (TPSA) is 55.2 Å². The average molecular weight is 319 g/mol. The molecule has 0 radical (unpaired) electrons. The molecule has 0 unspecified atom stereocenters. The molecule has 1 saturated carbocycles. The maximum absolute atomic E-state index is 12.5. The summed E-state index contributed by atoms with van der Waals surface area (Å²) in [7, 11) is 0. The maximum atomic E-state index is 12.5. The van der Waals surface area contributed by atoms with E-state index in [0.717, 1.165) is 24.2 Å². The highest BCUT2D eigenvalue weighted by atomic mass is 32.1. The fraction of sp³-hybridized carbons (Fsp3) is 0.562. The predicted molar refractivity (Wildman–Crippen MR) is 88.1 cm³/mol. The number of fused-ring (bicyclic) bond motifs is 1. The highest BCUT2D eigenvalue weighted by Crippen LogP contribution is 2.28. The minimum Gasteiger partial charge on any atom is -0.339 e. The van der Waals surface area contributed by atoms with E-state index < -0.39 is 0 Å². The number of aromatic nitrogens is 2. The van der Waals surface area contributed by atoms with Crippen molar-refractivity contribution in [3.05, 3.63) is 28.1 Å². The smallest absolute Gasteiger partial charge is 0.262 e. The standard InChI is InChI=1S/C16H21N3O2S/c1-11(2)9-19(12-3-4-12)14(20)5-7-18-10-17-15-13(16(18)21)6-8-22-15/h6,8,10-12H,3-5,7,9H2,1-2H3. The summed E-state index contributed by atoms with van der Waals surface area (Å²) in [4.78, 5) is 31.8. The minimum atomic E-state index is -0.0547. The zero-order valence-electron chi connectivity index (χ0n) is 13.0. The van der Waals surface area contributed by atoms with Crippen LogP contribution in [0, 0.1) is 5.92 Å². The molecule has 0 bridgehead atoms. The fourth-order valence-corrected chi connectivity index (χ4v) is 3.37. The van der Waals surface area contributed by atoms with Gasteiger partial charge in [0.15, 0.2) is 0 Å². The first-order valence-corrected chi connectivity index (χ1v) is 8.66. The van der Waals surface area contributed by atoms with Gasteiger partial charge in [-0.3, -0.25) is 14.2 Å². The molecular weight excluding hydrogens is 298 g/mol. The van der Waals surface area contributed by atoms with Gasteiger partial charge in [0.05, 0.1) is 11.7 Å². The van der Waals surface area contributed by atoms with Crippen molar-refractivity contribution < 1.29 is 4.79 Å². The molecule has 2 aromatic rings. The van der Waals surface area contributed by atoms with Crippen molar-refractivity contribution in [3.8, 4) is 0 Å². The second-order valence-electron chi connectivity index (χ2n) is 6.30. The van der Waals surface area contributed by atoms with Crippen molar-refractivity contribution in [2.45, 2.75) is 45.7 Å². The van der Waals surface area contributed by atoms with Gasteiger partial charge in [0, 0.05) is 25.6 Å². The number of hydrogen-bond acceptors (Lipinski definition) is 4. The number of aryl methyl sites for hydroxylation is 1. The lowest BCUT2D eigenvalue weighted by Gasteiger charge is -2.24. The molecule has 0 atom stereocenters. The van der Waals surface area contributed by atoms with Crippen LogP contribution in [0.2, 0.25) is 0 Å². The molecule has 1 aliphatic carbocycles. The van der Waals surface area contributed by atoms with E-state index in [-0.39, 0.29) is 11.5 Å². The van der Waals surface area contributed by atoms with Gasteiger partial charge < -0.3 is 4.90 Å². The molecule has 118 valence electrons. The summed E-state index contributed by atoms with van der Waals surface area (Å²) in [5.41, 5.74) is -0.0547. The first-order chi connectivity index (χ1) is 10.6. The van der Waals surface area contributed by atoms with E-state index >= 15 is 0 Å². The SMILES string of the molecule is CC(C)CN(C(=O)CCn1cnc2sccc2c1=O)C1CC1. The number of thiophene rings is 1. The lowest BCUT2D eigenvalue weighted by Crippen LogP contribution is -2.37. The summed E-state index contributed by atoms with van der Waals surface area (Å²) in [6, 6.07) is 2.22. The van der Waals surface area contributed by atoms with Gasteiger partial charge in [0.2, 0.25) is 5.91 Å². The Morgan fingerprint density at radius 3 is 2.95 bits per heavy atom. The predicted octanol–water partition coefficient (Wildman–Crippen LogP) is 2.50. The summed E-state index contributed by atoms with van der Waals surface area (Å²) in [5, 5.41) is 2.51. The Morgan fingerprint density at radius 2 is 2.27 bits per heavy atom. The monoisotopic (exact) mass is 319 g/mol. The first kappa shape index (κ1) is 15.2. The van der Waals surface area contributed by atoms with Crippen LogP contribution < -0.4 is 5.56 Å². The Morgan fingerprint density at radius 1 is 1.50 bits per heavy atom. The molecule has 0 spiro atoms. The van der Waals surface area contributed by atoms with Gasteiger partial charge in [-0.25, -0.2) is 4.98 Å². The summed E-state index contributed by atoms with van der Waals surface area (Å²) in [5.74, 6) is 0.615. The Hall–Kier alpha value is -1.69. The van der Waals surface area contributed by atoms with E-state index in [1.807, 2.05) is 10.3 Å². The number of amides is 1. The molecule has 22 heavy (non-hydrogen) atoms. The van der Waals surface area contributed by atoms with Crippen LogP contribution in [-0.2, 0) is 11.3 Å². The van der Waals surface area contributed by atoms with E-state index in [2.05, 4.69) is 18.8 Å². The molecule has 6 heteroatoms. The Kier molecular flexibility index (Phi) is 4.29. The van der Waals surface area contributed by atoms with Crippen LogP contribution in [-0.4, -0.2) is 32.9 Å². The number of nitrogens with zero attached hydrogens (tertiary/aromatic N) is 3. The number of carbonyl (C=O) groups excluding carboxylic acids is 1. The molecule has 3 rings (SSSR count). The van der Waals surface area contributed by atoms with Crippen LogP contribution >= 0.6 is 11.3 Å². The molecule has 0 saturated heterocycles. The van der Waals surface area contributed by atoms with Gasteiger partial charge in [-0.1, -0.05) is 13.8 Å². The van der Waals surface area contributed by atoms with E-state index in [9.17, 15) is 9.59 Å². The summed E-state index contributed by atoms with van der Waals surface area (Å²) in [6.45, 7) is 5.46. The molecule has 2 heterocycles. The van der Waals surface area contributed by atoms with Crippen molar-refractivity contribution in [1.82, 2.24) is 14.5 Å². The fourth-order valence-electron chi connectivity index (χ4n) is 2.65. The van der Waals surface area contributed by atoms with Crippen molar-refractivity contribution in [2.75, 3.05) is 6.54 Å². The third-order valence-corrected chi connectivity index (χ3v) is 4.71. The third kappa shape index (κ3) is 3.21.